The van der Waals surface area contributed by atoms with Crippen LogP contribution >= 0.6 is 0 Å². The lowest BCUT2D eigenvalue weighted by atomic mass is 9.96. The van der Waals surface area contributed by atoms with Crippen LogP contribution < -0.4 is 20.9 Å². The Balaban J connectivity index is 1.66. The van der Waals surface area contributed by atoms with Gasteiger partial charge in [-0.1, -0.05) is 19.3 Å². The fourth-order valence-corrected chi connectivity index (χ4v) is 3.15. The first-order valence-electron chi connectivity index (χ1n) is 8.40. The first-order chi connectivity index (χ1) is 11.7. The summed E-state index contributed by atoms with van der Waals surface area (Å²) in [6, 6.07) is 7.29. The number of fused-ring (bicyclic) bond motifs is 1. The summed E-state index contributed by atoms with van der Waals surface area (Å²) in [5, 5.41) is 6.63. The van der Waals surface area contributed by atoms with Gasteiger partial charge in [0.1, 0.15) is 5.75 Å². The molecule has 2 amide bonds. The first kappa shape index (κ1) is 16.4. The number of amides is 2. The molecule has 0 radical (unpaired) electrons. The van der Waals surface area contributed by atoms with Crippen LogP contribution in [0.25, 0.3) is 10.9 Å². The van der Waals surface area contributed by atoms with Gasteiger partial charge in [0.05, 0.1) is 7.11 Å². The predicted octanol–water partition coefficient (Wildman–Crippen LogP) is 2.67. The zero-order chi connectivity index (χ0) is 16.9. The lowest BCUT2D eigenvalue weighted by Crippen LogP contribution is -2.43. The van der Waals surface area contributed by atoms with Gasteiger partial charge in [-0.3, -0.25) is 4.79 Å². The van der Waals surface area contributed by atoms with E-state index in [1.54, 1.807) is 19.2 Å². The maximum atomic E-state index is 12.1. The van der Waals surface area contributed by atoms with Gasteiger partial charge in [0.2, 0.25) is 0 Å². The average Bonchev–Trinajstić information content (AvgIpc) is 2.60. The fraction of sp³-hybridized carbons (Fsp3) is 0.444. The van der Waals surface area contributed by atoms with Gasteiger partial charge >= 0.3 is 6.03 Å². The molecular weight excluding hydrogens is 306 g/mol. The van der Waals surface area contributed by atoms with Crippen molar-refractivity contribution in [1.29, 1.82) is 0 Å². The minimum atomic E-state index is -0.216. The Hall–Kier alpha value is -2.50. The maximum Gasteiger partial charge on any atom is 0.315 e. The van der Waals surface area contributed by atoms with Gasteiger partial charge in [0.15, 0.2) is 0 Å². The van der Waals surface area contributed by atoms with E-state index < -0.39 is 0 Å². The Kier molecular flexibility index (Phi) is 5.03. The fourth-order valence-electron chi connectivity index (χ4n) is 3.15. The molecule has 2 aromatic rings. The van der Waals surface area contributed by atoms with Crippen LogP contribution in [0.4, 0.5) is 4.79 Å². The van der Waals surface area contributed by atoms with Crippen LogP contribution in [0.5, 0.6) is 5.75 Å². The summed E-state index contributed by atoms with van der Waals surface area (Å²) < 4.78 is 5.20. The van der Waals surface area contributed by atoms with E-state index in [-0.39, 0.29) is 24.2 Å². The zero-order valence-electron chi connectivity index (χ0n) is 13.9. The molecule has 0 unspecified atom stereocenters. The number of rotatable bonds is 4. The molecule has 1 aliphatic rings. The van der Waals surface area contributed by atoms with E-state index in [4.69, 9.17) is 4.74 Å². The van der Waals surface area contributed by atoms with Crippen molar-refractivity contribution in [2.45, 2.75) is 44.7 Å². The van der Waals surface area contributed by atoms with E-state index in [1.807, 2.05) is 12.1 Å². The molecule has 1 saturated carbocycles. The number of carbonyl (C=O) groups is 1. The Morgan fingerprint density at radius 2 is 2.04 bits per heavy atom. The van der Waals surface area contributed by atoms with Gasteiger partial charge in [-0.05, 0) is 37.1 Å². The number of urea groups is 1. The van der Waals surface area contributed by atoms with E-state index in [1.165, 1.54) is 6.42 Å². The van der Waals surface area contributed by atoms with Crippen molar-refractivity contribution in [3.63, 3.8) is 0 Å². The molecule has 1 heterocycles. The highest BCUT2D eigenvalue weighted by atomic mass is 16.5. The second-order valence-electron chi connectivity index (χ2n) is 6.24. The van der Waals surface area contributed by atoms with Crippen LogP contribution in [0.1, 0.15) is 37.7 Å². The van der Waals surface area contributed by atoms with Crippen LogP contribution in [-0.2, 0) is 6.54 Å². The monoisotopic (exact) mass is 329 g/mol. The van der Waals surface area contributed by atoms with Crippen LogP contribution in [0.2, 0.25) is 0 Å². The van der Waals surface area contributed by atoms with Gasteiger partial charge in [0, 0.05) is 29.1 Å². The van der Waals surface area contributed by atoms with Crippen molar-refractivity contribution in [3.05, 3.63) is 40.2 Å². The van der Waals surface area contributed by atoms with E-state index in [0.29, 0.717) is 5.56 Å². The summed E-state index contributed by atoms with van der Waals surface area (Å²) in [5.74, 6) is 0.725. The molecule has 3 rings (SSSR count). The number of benzene rings is 1. The first-order valence-corrected chi connectivity index (χ1v) is 8.40. The highest BCUT2D eigenvalue weighted by molar-refractivity contribution is 5.80. The summed E-state index contributed by atoms with van der Waals surface area (Å²) in [4.78, 5) is 27.0. The molecular formula is C18H23N3O3. The number of pyridine rings is 1. The molecule has 0 bridgehead atoms. The quantitative estimate of drug-likeness (QED) is 0.806. The van der Waals surface area contributed by atoms with Crippen molar-refractivity contribution in [2.24, 2.45) is 0 Å². The van der Waals surface area contributed by atoms with Crippen LogP contribution in [-0.4, -0.2) is 24.2 Å². The third kappa shape index (κ3) is 3.88. The standard InChI is InChI=1S/C18H23N3O3/c1-24-15-7-8-16-12(10-15)9-13(17(22)21-16)11-19-18(23)20-14-5-3-2-4-6-14/h7-10,14H,2-6,11H2,1H3,(H,21,22)(H2,19,20,23). The number of H-pyrrole nitrogens is 1. The van der Waals surface area contributed by atoms with Gasteiger partial charge in [-0.15, -0.1) is 0 Å². The molecule has 0 atom stereocenters. The third-order valence-corrected chi connectivity index (χ3v) is 4.51. The minimum Gasteiger partial charge on any atom is -0.497 e. The Morgan fingerprint density at radius 1 is 1.25 bits per heavy atom. The number of hydrogen-bond donors (Lipinski definition) is 3. The summed E-state index contributed by atoms with van der Waals surface area (Å²) in [7, 11) is 1.60. The lowest BCUT2D eigenvalue weighted by Gasteiger charge is -2.22. The highest BCUT2D eigenvalue weighted by Crippen LogP contribution is 2.19. The number of ether oxygens (including phenoxy) is 1. The Bertz CT molecular complexity index is 779. The second-order valence-corrected chi connectivity index (χ2v) is 6.24. The van der Waals surface area contributed by atoms with E-state index in [2.05, 4.69) is 15.6 Å². The van der Waals surface area contributed by atoms with Gasteiger partial charge in [-0.2, -0.15) is 0 Å². The molecule has 1 aromatic carbocycles. The lowest BCUT2D eigenvalue weighted by molar-refractivity contribution is 0.232. The number of methoxy groups -OCH3 is 1. The van der Waals surface area contributed by atoms with Crippen molar-refractivity contribution >= 4 is 16.9 Å². The molecule has 6 heteroatoms. The zero-order valence-corrected chi connectivity index (χ0v) is 13.9. The van der Waals surface area contributed by atoms with Crippen molar-refractivity contribution in [3.8, 4) is 5.75 Å². The van der Waals surface area contributed by atoms with Crippen LogP contribution in [0.3, 0.4) is 0 Å². The van der Waals surface area contributed by atoms with E-state index in [0.717, 1.165) is 42.3 Å². The van der Waals surface area contributed by atoms with Crippen LogP contribution in [0, 0.1) is 0 Å². The largest absolute Gasteiger partial charge is 0.497 e. The minimum absolute atomic E-state index is 0.189. The third-order valence-electron chi connectivity index (χ3n) is 4.51. The van der Waals surface area contributed by atoms with Crippen LogP contribution in [0.15, 0.2) is 29.1 Å². The summed E-state index contributed by atoms with van der Waals surface area (Å²) in [5.41, 5.74) is 1.08. The average molecular weight is 329 g/mol. The van der Waals surface area contributed by atoms with Gasteiger partial charge in [-0.25, -0.2) is 4.79 Å². The molecule has 0 aliphatic heterocycles. The molecule has 1 aliphatic carbocycles. The molecule has 1 aromatic heterocycles. The van der Waals surface area contributed by atoms with Gasteiger partial charge in [0.25, 0.3) is 5.56 Å². The number of hydrogen-bond acceptors (Lipinski definition) is 3. The normalized spacial score (nSPS) is 15.2. The molecule has 128 valence electrons. The van der Waals surface area contributed by atoms with Crippen molar-refractivity contribution in [1.82, 2.24) is 15.6 Å². The summed E-state index contributed by atoms with van der Waals surface area (Å²) in [6.45, 7) is 0.195. The molecule has 0 saturated heterocycles. The summed E-state index contributed by atoms with van der Waals surface area (Å²) >= 11 is 0. The Labute approximate surface area is 140 Å². The topological polar surface area (TPSA) is 83.2 Å². The molecule has 24 heavy (non-hydrogen) atoms. The number of carbonyl (C=O) groups excluding carboxylic acids is 1. The molecule has 1 fully saturated rings. The van der Waals surface area contributed by atoms with E-state index in [9.17, 15) is 9.59 Å². The number of aromatic amines is 1. The second kappa shape index (κ2) is 7.38. The maximum absolute atomic E-state index is 12.1. The highest BCUT2D eigenvalue weighted by Gasteiger charge is 2.15. The molecule has 6 nitrogen and oxygen atoms in total. The smallest absolute Gasteiger partial charge is 0.315 e. The molecule has 3 N–H and O–H groups in total. The van der Waals surface area contributed by atoms with Crippen molar-refractivity contribution in [2.75, 3.05) is 7.11 Å². The van der Waals surface area contributed by atoms with Crippen molar-refractivity contribution < 1.29 is 9.53 Å². The molecule has 0 spiro atoms. The predicted molar refractivity (Wildman–Crippen MR) is 93.4 cm³/mol. The SMILES string of the molecule is COc1ccc2[nH]c(=O)c(CNC(=O)NC3CCCCC3)cc2c1. The van der Waals surface area contributed by atoms with E-state index >= 15 is 0 Å². The Morgan fingerprint density at radius 3 is 2.79 bits per heavy atom. The number of nitrogens with one attached hydrogen (secondary N) is 3. The summed E-state index contributed by atoms with van der Waals surface area (Å²) in [6.07, 6.45) is 5.64. The number of aromatic nitrogens is 1. The van der Waals surface area contributed by atoms with Gasteiger partial charge < -0.3 is 20.4 Å².